The van der Waals surface area contributed by atoms with Crippen molar-refractivity contribution in [1.82, 2.24) is 9.80 Å². The van der Waals surface area contributed by atoms with Gasteiger partial charge in [0, 0.05) is 50.1 Å². The molecular weight excluding hydrogens is 574 g/mol. The van der Waals surface area contributed by atoms with E-state index in [1.165, 1.54) is 16.9 Å². The second-order valence-electron chi connectivity index (χ2n) is 9.04. The lowest BCUT2D eigenvalue weighted by atomic mass is 9.99. The van der Waals surface area contributed by atoms with Crippen LogP contribution < -0.4 is 5.32 Å². The van der Waals surface area contributed by atoms with Crippen LogP contribution in [-0.2, 0) is 28.7 Å². The molecule has 0 unspecified atom stereocenters. The topological polar surface area (TPSA) is 211 Å². The number of carboxylic acids is 4. The van der Waals surface area contributed by atoms with Crippen molar-refractivity contribution < 1.29 is 53.9 Å². The Morgan fingerprint density at radius 1 is 0.881 bits per heavy atom. The van der Waals surface area contributed by atoms with Crippen molar-refractivity contribution in [1.29, 1.82) is 0 Å². The minimum absolute atomic E-state index is 0.0760. The third kappa shape index (κ3) is 12.0. The Kier molecular flexibility index (Phi) is 14.8. The van der Waals surface area contributed by atoms with E-state index in [0.717, 1.165) is 49.4 Å². The predicted octanol–water partition coefficient (Wildman–Crippen LogP) is 2.10. The zero-order chi connectivity index (χ0) is 32.0. The summed E-state index contributed by atoms with van der Waals surface area (Å²) in [5.74, 6) is -7.77. The molecule has 1 aliphatic rings. The van der Waals surface area contributed by atoms with Gasteiger partial charge in [0.1, 0.15) is 10.6 Å². The summed E-state index contributed by atoms with van der Waals surface area (Å²) in [6.07, 6.45) is 0.406. The lowest BCUT2D eigenvalue weighted by Gasteiger charge is -2.32. The van der Waals surface area contributed by atoms with Gasteiger partial charge >= 0.3 is 29.8 Å². The van der Waals surface area contributed by atoms with Crippen LogP contribution in [0.25, 0.3) is 11.1 Å². The lowest BCUT2D eigenvalue weighted by Crippen LogP contribution is -2.45. The van der Waals surface area contributed by atoms with Crippen LogP contribution in [0.3, 0.4) is 0 Å². The zero-order valence-electron chi connectivity index (χ0n) is 23.7. The summed E-state index contributed by atoms with van der Waals surface area (Å²) in [4.78, 5) is 66.3. The van der Waals surface area contributed by atoms with E-state index in [4.69, 9.17) is 44.3 Å². The summed E-state index contributed by atoms with van der Waals surface area (Å²) in [5, 5.41) is 35.0. The number of hydrogen-bond acceptors (Lipinski definition) is 10. The number of aliphatic carboxylic acids is 4. The highest BCUT2D eigenvalue weighted by Crippen LogP contribution is 2.37. The Bertz CT molecular complexity index is 1240. The van der Waals surface area contributed by atoms with Crippen molar-refractivity contribution in [3.8, 4) is 11.1 Å². The molecule has 0 atom stereocenters. The summed E-state index contributed by atoms with van der Waals surface area (Å²) in [5.41, 5.74) is 4.56. The van der Waals surface area contributed by atoms with Crippen LogP contribution in [0.5, 0.6) is 0 Å². The second-order valence-corrected chi connectivity index (χ2v) is 9.92. The van der Waals surface area contributed by atoms with Crippen LogP contribution in [0.15, 0.2) is 23.6 Å². The number of esters is 1. The number of thiophene rings is 1. The Labute approximate surface area is 246 Å². The Hall–Kier alpha value is -4.34. The second kappa shape index (κ2) is 17.5. The van der Waals surface area contributed by atoms with Gasteiger partial charge in [-0.3, -0.25) is 4.79 Å². The monoisotopic (exact) mass is 609 g/mol. The lowest BCUT2D eigenvalue weighted by molar-refractivity contribution is -0.159. The molecule has 2 aromatic rings. The summed E-state index contributed by atoms with van der Waals surface area (Å²) >= 11 is 1.37. The van der Waals surface area contributed by atoms with E-state index in [2.05, 4.69) is 42.1 Å². The first-order valence-corrected chi connectivity index (χ1v) is 13.5. The minimum atomic E-state index is -1.82. The molecule has 2 heterocycles. The van der Waals surface area contributed by atoms with Gasteiger partial charge in [-0.15, -0.1) is 11.3 Å². The highest BCUT2D eigenvalue weighted by molar-refractivity contribution is 7.15. The van der Waals surface area contributed by atoms with E-state index in [9.17, 15) is 9.59 Å². The highest BCUT2D eigenvalue weighted by atomic mass is 32.1. The summed E-state index contributed by atoms with van der Waals surface area (Å²) < 4.78 is 5.29. The first-order chi connectivity index (χ1) is 19.7. The molecule has 42 heavy (non-hydrogen) atoms. The maximum atomic E-state index is 12.7. The van der Waals surface area contributed by atoms with Gasteiger partial charge in [-0.25, -0.2) is 24.0 Å². The number of carbonyl (C=O) groups is 6. The minimum Gasteiger partial charge on any atom is -0.473 e. The van der Waals surface area contributed by atoms with E-state index in [-0.39, 0.29) is 12.5 Å². The number of benzene rings is 1. The molecule has 0 radical (unpaired) electrons. The maximum Gasteiger partial charge on any atom is 0.414 e. The van der Waals surface area contributed by atoms with Crippen LogP contribution >= 0.6 is 11.3 Å². The van der Waals surface area contributed by atoms with Gasteiger partial charge in [-0.05, 0) is 44.5 Å². The van der Waals surface area contributed by atoms with E-state index < -0.39 is 29.8 Å². The van der Waals surface area contributed by atoms with Crippen LogP contribution in [0.1, 0.15) is 34.8 Å². The fourth-order valence-electron chi connectivity index (χ4n) is 3.50. The van der Waals surface area contributed by atoms with E-state index in [1.807, 2.05) is 17.5 Å². The number of anilines is 1. The fourth-order valence-corrected chi connectivity index (χ4v) is 4.47. The predicted molar refractivity (Wildman–Crippen MR) is 153 cm³/mol. The number of ether oxygens (including phenoxy) is 1. The molecule has 1 amide bonds. The first-order valence-electron chi connectivity index (χ1n) is 12.7. The fraction of sp³-hybridized carbons (Fsp3) is 0.407. The van der Waals surface area contributed by atoms with E-state index in [0.29, 0.717) is 17.0 Å². The molecule has 0 spiro atoms. The van der Waals surface area contributed by atoms with Crippen molar-refractivity contribution in [3.05, 3.63) is 40.3 Å². The molecule has 0 aliphatic carbocycles. The number of rotatable bonds is 7. The molecule has 230 valence electrons. The highest BCUT2D eigenvalue weighted by Gasteiger charge is 2.23. The van der Waals surface area contributed by atoms with Crippen molar-refractivity contribution >= 4 is 52.1 Å². The molecule has 0 saturated carbocycles. The van der Waals surface area contributed by atoms with E-state index in [1.54, 1.807) is 6.92 Å². The van der Waals surface area contributed by atoms with Crippen molar-refractivity contribution in [2.24, 2.45) is 0 Å². The number of nitrogens with one attached hydrogen (secondary N) is 1. The van der Waals surface area contributed by atoms with Crippen LogP contribution in [0.2, 0.25) is 0 Å². The van der Waals surface area contributed by atoms with Gasteiger partial charge in [0.05, 0.1) is 6.61 Å². The number of nitrogens with zero attached hydrogens (tertiary/aromatic N) is 2. The van der Waals surface area contributed by atoms with Crippen molar-refractivity contribution in [2.45, 2.75) is 27.2 Å². The first kappa shape index (κ1) is 35.7. The average molecular weight is 610 g/mol. The molecule has 3 rings (SSSR count). The molecule has 1 aromatic heterocycles. The molecular formula is C27H35N3O11S. The van der Waals surface area contributed by atoms with Crippen LogP contribution in [-0.4, -0.2) is 112 Å². The number of amides is 1. The third-order valence-electron chi connectivity index (χ3n) is 5.96. The molecule has 14 nitrogen and oxygen atoms in total. The Morgan fingerprint density at radius 2 is 1.43 bits per heavy atom. The standard InChI is InChI=1S/C23H31N3O3S.2C2H2O4/c1-5-29-23(28)21-19(18-7-6-16(2)17(3)14-18)15-30-22(21)24-20(27)8-9-26-12-10-25(4)11-13-26;2*3-1(4)2(5)6/h6-7,14-15H,5,8-13H2,1-4H3,(H,24,27);2*(H,3,4)(H,5,6). The summed E-state index contributed by atoms with van der Waals surface area (Å²) in [6, 6.07) is 6.12. The number of carbonyl (C=O) groups excluding carboxylic acids is 2. The van der Waals surface area contributed by atoms with Gasteiger partial charge in [0.25, 0.3) is 0 Å². The summed E-state index contributed by atoms with van der Waals surface area (Å²) in [7, 11) is 2.12. The number of piperazine rings is 1. The maximum absolute atomic E-state index is 12.7. The quantitative estimate of drug-likeness (QED) is 0.225. The van der Waals surface area contributed by atoms with Crippen molar-refractivity contribution in [3.63, 3.8) is 0 Å². The van der Waals surface area contributed by atoms with Gasteiger partial charge in [0.2, 0.25) is 5.91 Å². The van der Waals surface area contributed by atoms with Gasteiger partial charge in [-0.2, -0.15) is 0 Å². The molecule has 15 heteroatoms. The molecule has 1 aromatic carbocycles. The summed E-state index contributed by atoms with van der Waals surface area (Å²) in [6.45, 7) is 10.9. The SMILES string of the molecule is CCOC(=O)c1c(-c2ccc(C)c(C)c2)csc1NC(=O)CCN1CCN(C)CC1.O=C(O)C(=O)O.O=C(O)C(=O)O. The zero-order valence-corrected chi connectivity index (χ0v) is 24.5. The molecule has 5 N–H and O–H groups in total. The van der Waals surface area contributed by atoms with E-state index >= 15 is 0 Å². The molecule has 1 aliphatic heterocycles. The van der Waals surface area contributed by atoms with Crippen LogP contribution in [0, 0.1) is 13.8 Å². The largest absolute Gasteiger partial charge is 0.473 e. The Morgan fingerprint density at radius 3 is 1.90 bits per heavy atom. The molecule has 1 saturated heterocycles. The number of likely N-dealkylation sites (N-methyl/N-ethyl adjacent to an activating group) is 1. The third-order valence-corrected chi connectivity index (χ3v) is 6.85. The van der Waals surface area contributed by atoms with Gasteiger partial charge < -0.3 is 40.3 Å². The smallest absolute Gasteiger partial charge is 0.414 e. The number of aryl methyl sites for hydroxylation is 2. The Balaban J connectivity index is 0.000000618. The molecule has 1 fully saturated rings. The van der Waals surface area contributed by atoms with Crippen LogP contribution in [0.4, 0.5) is 5.00 Å². The normalized spacial score (nSPS) is 13.0. The van der Waals surface area contributed by atoms with Gasteiger partial charge in [0.15, 0.2) is 0 Å². The number of hydrogen-bond donors (Lipinski definition) is 5. The average Bonchev–Trinajstić information content (AvgIpc) is 3.34. The number of carboxylic acid groups (broad SMARTS) is 4. The molecule has 0 bridgehead atoms. The van der Waals surface area contributed by atoms with Crippen molar-refractivity contribution in [2.75, 3.05) is 51.7 Å². The van der Waals surface area contributed by atoms with Gasteiger partial charge in [-0.1, -0.05) is 18.2 Å².